The number of ether oxygens (including phenoxy) is 1. The Kier molecular flexibility index (Phi) is 12.2. The Hall–Kier alpha value is -4.34. The molecule has 0 spiro atoms. The van der Waals surface area contributed by atoms with E-state index in [4.69, 9.17) is 4.74 Å². The fraction of sp³-hybridized carbons (Fsp3) is 0.310. The normalized spacial score (nSPS) is 10.9. The third kappa shape index (κ3) is 9.48. The fourth-order valence-electron chi connectivity index (χ4n) is 3.09. The fourth-order valence-corrected chi connectivity index (χ4v) is 3.09. The van der Waals surface area contributed by atoms with Crippen molar-refractivity contribution in [3.8, 4) is 0 Å². The number of pyridine rings is 1. The van der Waals surface area contributed by atoms with Crippen LogP contribution in [0, 0.1) is 0 Å². The Labute approximate surface area is 226 Å². The SMILES string of the molecule is C=C/C(=C\C=C(C)C)n1nc(Nc2cc(C(=O)OC)cn(C)c2=O)c2ccccc2c1=O.CC.CC(C)(F)F. The highest BCUT2D eigenvalue weighted by Crippen LogP contribution is 2.22. The Morgan fingerprint density at radius 3 is 2.15 bits per heavy atom. The molecule has 2 aromatic heterocycles. The number of hydrogen-bond donors (Lipinski definition) is 1. The van der Waals surface area contributed by atoms with E-state index >= 15 is 0 Å². The molecule has 8 nitrogen and oxygen atoms in total. The van der Waals surface area contributed by atoms with Crippen LogP contribution in [0.25, 0.3) is 16.5 Å². The smallest absolute Gasteiger partial charge is 0.339 e. The van der Waals surface area contributed by atoms with Gasteiger partial charge in [-0.15, -0.1) is 5.10 Å². The quantitative estimate of drug-likeness (QED) is 0.290. The van der Waals surface area contributed by atoms with E-state index in [0.29, 0.717) is 16.5 Å². The van der Waals surface area contributed by atoms with Crippen molar-refractivity contribution in [1.82, 2.24) is 14.3 Å². The van der Waals surface area contributed by atoms with E-state index in [2.05, 4.69) is 17.0 Å². The molecular weight excluding hydrogens is 506 g/mol. The van der Waals surface area contributed by atoms with Gasteiger partial charge in [-0.2, -0.15) is 4.68 Å². The molecule has 0 aliphatic heterocycles. The number of anilines is 2. The van der Waals surface area contributed by atoms with E-state index in [1.165, 1.54) is 41.7 Å². The molecule has 0 fully saturated rings. The summed E-state index contributed by atoms with van der Waals surface area (Å²) in [5, 5.41) is 8.41. The predicted octanol–water partition coefficient (Wildman–Crippen LogP) is 6.31. The van der Waals surface area contributed by atoms with E-state index in [1.54, 1.807) is 30.3 Å². The van der Waals surface area contributed by atoms with Gasteiger partial charge < -0.3 is 14.6 Å². The van der Waals surface area contributed by atoms with Crippen LogP contribution in [-0.4, -0.2) is 33.3 Å². The van der Waals surface area contributed by atoms with Gasteiger partial charge in [0.1, 0.15) is 5.69 Å². The van der Waals surface area contributed by atoms with Crippen LogP contribution in [0.5, 0.6) is 0 Å². The predicted molar refractivity (Wildman–Crippen MR) is 154 cm³/mol. The molecule has 0 radical (unpaired) electrons. The molecule has 0 atom stereocenters. The first kappa shape index (κ1) is 32.7. The highest BCUT2D eigenvalue weighted by molar-refractivity contribution is 5.94. The molecule has 0 amide bonds. The lowest BCUT2D eigenvalue weighted by Crippen LogP contribution is -2.25. The van der Waals surface area contributed by atoms with Crippen LogP contribution in [-0.2, 0) is 11.8 Å². The number of methoxy groups -OCH3 is 1. The summed E-state index contributed by atoms with van der Waals surface area (Å²) in [7, 11) is 2.80. The van der Waals surface area contributed by atoms with Gasteiger partial charge >= 0.3 is 5.97 Å². The number of rotatable bonds is 6. The monoisotopic (exact) mass is 542 g/mol. The van der Waals surface area contributed by atoms with Gasteiger partial charge in [-0.05, 0) is 52.0 Å². The number of nitrogens with zero attached hydrogens (tertiary/aromatic N) is 3. The van der Waals surface area contributed by atoms with Crippen LogP contribution in [0.2, 0.25) is 0 Å². The minimum atomic E-state index is -2.50. The molecule has 2 heterocycles. The molecule has 0 unspecified atom stereocenters. The number of hydrogen-bond acceptors (Lipinski definition) is 6. The summed E-state index contributed by atoms with van der Waals surface area (Å²) in [6.07, 6.45) is 6.52. The van der Waals surface area contributed by atoms with Gasteiger partial charge in [-0.1, -0.05) is 50.3 Å². The van der Waals surface area contributed by atoms with Gasteiger partial charge in [0.15, 0.2) is 5.82 Å². The van der Waals surface area contributed by atoms with Crippen molar-refractivity contribution in [2.24, 2.45) is 7.05 Å². The summed E-state index contributed by atoms with van der Waals surface area (Å²) in [6.45, 7) is 13.4. The lowest BCUT2D eigenvalue weighted by atomic mass is 10.1. The van der Waals surface area contributed by atoms with Gasteiger partial charge in [0.05, 0.1) is 23.8 Å². The number of allylic oxidation sites excluding steroid dienone is 5. The van der Waals surface area contributed by atoms with Crippen LogP contribution in [0.1, 0.15) is 51.9 Å². The summed E-state index contributed by atoms with van der Waals surface area (Å²) in [4.78, 5) is 37.8. The molecule has 0 aliphatic rings. The highest BCUT2D eigenvalue weighted by atomic mass is 19.3. The minimum Gasteiger partial charge on any atom is -0.465 e. The van der Waals surface area contributed by atoms with E-state index in [1.807, 2.05) is 33.8 Å². The number of aromatic nitrogens is 3. The molecule has 1 aromatic carbocycles. The van der Waals surface area contributed by atoms with Crippen molar-refractivity contribution in [1.29, 1.82) is 0 Å². The number of carbonyl (C=O) groups is 1. The summed E-state index contributed by atoms with van der Waals surface area (Å²) < 4.78 is 29.3. The van der Waals surface area contributed by atoms with E-state index in [9.17, 15) is 23.2 Å². The molecule has 3 aromatic rings. The maximum Gasteiger partial charge on any atom is 0.339 e. The van der Waals surface area contributed by atoms with Crippen LogP contribution in [0.4, 0.5) is 20.3 Å². The average Bonchev–Trinajstić information content (AvgIpc) is 2.88. The molecule has 10 heteroatoms. The molecular formula is C29H36F2N4O4. The lowest BCUT2D eigenvalue weighted by molar-refractivity contribution is 0.0437. The first-order chi connectivity index (χ1) is 18.3. The Bertz CT molecular complexity index is 1490. The van der Waals surface area contributed by atoms with E-state index in [0.717, 1.165) is 19.4 Å². The van der Waals surface area contributed by atoms with Crippen molar-refractivity contribution in [2.75, 3.05) is 12.4 Å². The second kappa shape index (κ2) is 14.6. The lowest BCUT2D eigenvalue weighted by Gasteiger charge is -2.14. The molecule has 39 heavy (non-hydrogen) atoms. The third-order valence-corrected chi connectivity index (χ3v) is 4.70. The summed E-state index contributed by atoms with van der Waals surface area (Å²) in [5.41, 5.74) is 1.14. The number of carbonyl (C=O) groups excluding carboxylic acids is 1. The van der Waals surface area contributed by atoms with E-state index < -0.39 is 11.9 Å². The van der Waals surface area contributed by atoms with Crippen LogP contribution in [0.3, 0.4) is 0 Å². The van der Waals surface area contributed by atoms with Crippen molar-refractivity contribution in [3.05, 3.63) is 93.2 Å². The number of alkyl halides is 2. The number of aryl methyl sites for hydroxylation is 1. The van der Waals surface area contributed by atoms with Gasteiger partial charge in [-0.3, -0.25) is 9.59 Å². The van der Waals surface area contributed by atoms with Crippen LogP contribution in [0.15, 0.2) is 76.5 Å². The molecule has 0 bridgehead atoms. The standard InChI is InChI=1S/C24H24N4O4.C3H6F2.C2H6/c1-6-17(12-11-15(2)3)28-22(29)19-10-8-7-9-18(19)21(26-28)25-20-13-16(24(31)32-5)14-27(4)23(20)30;1-3(2,4)5;1-2/h6-14H,1H2,2-5H3,(H,25,26);1-2H3;1-2H3/b17-12+;;. The Morgan fingerprint density at radius 2 is 1.64 bits per heavy atom. The zero-order valence-corrected chi connectivity index (χ0v) is 23.6. The van der Waals surface area contributed by atoms with Crippen LogP contribution >= 0.6 is 0 Å². The van der Waals surface area contributed by atoms with Crippen molar-refractivity contribution in [2.45, 2.75) is 47.5 Å². The zero-order chi connectivity index (χ0) is 29.9. The second-order valence-corrected chi connectivity index (χ2v) is 8.65. The Morgan fingerprint density at radius 1 is 1.08 bits per heavy atom. The number of nitrogens with one attached hydrogen (secondary N) is 1. The molecule has 0 saturated heterocycles. The number of fused-ring (bicyclic) bond motifs is 1. The summed E-state index contributed by atoms with van der Waals surface area (Å²) in [5.74, 6) is -2.80. The topological polar surface area (TPSA) is 95.2 Å². The average molecular weight is 543 g/mol. The zero-order valence-electron chi connectivity index (χ0n) is 23.6. The van der Waals surface area contributed by atoms with Gasteiger partial charge in [0.2, 0.25) is 5.92 Å². The summed E-state index contributed by atoms with van der Waals surface area (Å²) >= 11 is 0. The second-order valence-electron chi connectivity index (χ2n) is 8.65. The largest absolute Gasteiger partial charge is 0.465 e. The summed E-state index contributed by atoms with van der Waals surface area (Å²) in [6, 6.07) is 8.34. The Balaban J connectivity index is 0.000000975. The first-order valence-electron chi connectivity index (χ1n) is 12.2. The highest BCUT2D eigenvalue weighted by Gasteiger charge is 2.16. The number of benzene rings is 1. The van der Waals surface area contributed by atoms with E-state index in [-0.39, 0.29) is 28.2 Å². The van der Waals surface area contributed by atoms with Crippen molar-refractivity contribution in [3.63, 3.8) is 0 Å². The van der Waals surface area contributed by atoms with Gasteiger partial charge in [-0.25, -0.2) is 13.6 Å². The maximum atomic E-state index is 13.1. The third-order valence-electron chi connectivity index (χ3n) is 4.70. The van der Waals surface area contributed by atoms with Gasteiger partial charge in [0, 0.05) is 18.6 Å². The molecule has 210 valence electrons. The molecule has 0 aliphatic carbocycles. The maximum absolute atomic E-state index is 13.1. The van der Waals surface area contributed by atoms with Crippen LogP contribution < -0.4 is 16.4 Å². The minimum absolute atomic E-state index is 0.117. The first-order valence-corrected chi connectivity index (χ1v) is 12.2. The van der Waals surface area contributed by atoms with Crippen molar-refractivity contribution >= 4 is 33.9 Å². The van der Waals surface area contributed by atoms with Crippen molar-refractivity contribution < 1.29 is 18.3 Å². The molecule has 1 N–H and O–H groups in total. The molecule has 0 saturated carbocycles. The number of halogens is 2. The van der Waals surface area contributed by atoms with Gasteiger partial charge in [0.25, 0.3) is 11.1 Å². The molecule has 3 rings (SSSR count). The number of esters is 1.